The number of rotatable bonds is 4. The summed E-state index contributed by atoms with van der Waals surface area (Å²) in [5.74, 6) is -0.223. The quantitative estimate of drug-likeness (QED) is 0.742. The molecule has 1 heterocycles. The number of aryl methyl sites for hydroxylation is 2. The van der Waals surface area contributed by atoms with Crippen LogP contribution in [0.15, 0.2) is 12.7 Å². The Morgan fingerprint density at radius 2 is 2.38 bits per heavy atom. The lowest BCUT2D eigenvalue weighted by Gasteiger charge is -2.09. The largest absolute Gasteiger partial charge is 0.395 e. The van der Waals surface area contributed by atoms with E-state index in [-0.39, 0.29) is 11.9 Å². The molecule has 0 fully saturated rings. The Balaban J connectivity index is 2.99. The average molecular weight is 222 g/mol. The first-order valence-corrected chi connectivity index (χ1v) is 5.26. The number of anilines is 1. The molecule has 0 aliphatic rings. The van der Waals surface area contributed by atoms with Crippen LogP contribution in [-0.2, 0) is 13.5 Å². The van der Waals surface area contributed by atoms with E-state index in [0.717, 1.165) is 5.69 Å². The molecule has 1 unspecified atom stereocenters. The lowest BCUT2D eigenvalue weighted by Crippen LogP contribution is -2.32. The van der Waals surface area contributed by atoms with Crippen LogP contribution < -0.4 is 11.1 Å². The van der Waals surface area contributed by atoms with Crippen LogP contribution >= 0.6 is 0 Å². The number of hydrogen-bond donors (Lipinski definition) is 2. The van der Waals surface area contributed by atoms with Gasteiger partial charge in [0.25, 0.3) is 5.91 Å². The number of nitrogens with two attached hydrogens (primary N) is 1. The Bertz CT molecular complexity index is 408. The molecule has 0 aromatic carbocycles. The number of nitrogen functional groups attached to an aromatic ring is 1. The van der Waals surface area contributed by atoms with Crippen molar-refractivity contribution in [2.75, 3.05) is 5.73 Å². The van der Waals surface area contributed by atoms with Gasteiger partial charge < -0.3 is 11.1 Å². The molecule has 1 amide bonds. The Labute approximate surface area is 95.3 Å². The van der Waals surface area contributed by atoms with Gasteiger partial charge in [-0.05, 0) is 13.3 Å². The minimum atomic E-state index is -0.223. The predicted octanol–water partition coefficient (Wildman–Crippen LogP) is 0.869. The summed E-state index contributed by atoms with van der Waals surface area (Å²) in [6.45, 7) is 7.40. The maximum Gasteiger partial charge on any atom is 0.272 e. The lowest BCUT2D eigenvalue weighted by molar-refractivity contribution is 0.0938. The second-order valence-electron chi connectivity index (χ2n) is 3.68. The van der Waals surface area contributed by atoms with E-state index in [9.17, 15) is 4.79 Å². The first-order chi connectivity index (χ1) is 7.51. The fourth-order valence-corrected chi connectivity index (χ4v) is 1.46. The van der Waals surface area contributed by atoms with Gasteiger partial charge in [0.05, 0.1) is 11.4 Å². The van der Waals surface area contributed by atoms with E-state index in [1.807, 2.05) is 13.8 Å². The Morgan fingerprint density at radius 3 is 2.81 bits per heavy atom. The van der Waals surface area contributed by atoms with Crippen molar-refractivity contribution in [1.82, 2.24) is 15.1 Å². The summed E-state index contributed by atoms with van der Waals surface area (Å²) in [6, 6.07) is -0.0909. The van der Waals surface area contributed by atoms with Crippen LogP contribution in [0.3, 0.4) is 0 Å². The molecular formula is C11H18N4O. The SMILES string of the molecule is C=CC(C)NC(=O)c1c(N)c(CC)nn1C. The zero-order valence-corrected chi connectivity index (χ0v) is 9.95. The zero-order valence-electron chi connectivity index (χ0n) is 9.95. The molecule has 0 spiro atoms. The summed E-state index contributed by atoms with van der Waals surface area (Å²) >= 11 is 0. The third-order valence-corrected chi connectivity index (χ3v) is 2.42. The first kappa shape index (κ1) is 12.3. The van der Waals surface area contributed by atoms with E-state index >= 15 is 0 Å². The predicted molar refractivity (Wildman–Crippen MR) is 64.1 cm³/mol. The van der Waals surface area contributed by atoms with Crippen molar-refractivity contribution >= 4 is 11.6 Å². The minimum Gasteiger partial charge on any atom is -0.395 e. The molecule has 1 aromatic rings. The van der Waals surface area contributed by atoms with E-state index in [4.69, 9.17) is 5.73 Å². The van der Waals surface area contributed by atoms with Crippen LogP contribution in [0.2, 0.25) is 0 Å². The van der Waals surface area contributed by atoms with Crippen LogP contribution in [0.5, 0.6) is 0 Å². The van der Waals surface area contributed by atoms with Gasteiger partial charge in [-0.3, -0.25) is 9.48 Å². The lowest BCUT2D eigenvalue weighted by atomic mass is 10.2. The molecule has 5 nitrogen and oxygen atoms in total. The molecular weight excluding hydrogens is 204 g/mol. The van der Waals surface area contributed by atoms with E-state index in [0.29, 0.717) is 17.8 Å². The van der Waals surface area contributed by atoms with Crippen molar-refractivity contribution in [3.05, 3.63) is 24.0 Å². The molecule has 1 rings (SSSR count). The van der Waals surface area contributed by atoms with Gasteiger partial charge in [0.2, 0.25) is 0 Å². The molecule has 0 saturated heterocycles. The summed E-state index contributed by atoms with van der Waals surface area (Å²) in [5, 5.41) is 6.95. The summed E-state index contributed by atoms with van der Waals surface area (Å²) in [5.41, 5.74) is 7.48. The average Bonchev–Trinajstić information content (AvgIpc) is 2.53. The van der Waals surface area contributed by atoms with Gasteiger partial charge in [-0.2, -0.15) is 5.10 Å². The summed E-state index contributed by atoms with van der Waals surface area (Å²) in [6.07, 6.45) is 2.37. The molecule has 0 saturated carbocycles. The van der Waals surface area contributed by atoms with Gasteiger partial charge in [0.15, 0.2) is 0 Å². The molecule has 1 atom stereocenters. The van der Waals surface area contributed by atoms with Gasteiger partial charge in [0, 0.05) is 13.1 Å². The van der Waals surface area contributed by atoms with Gasteiger partial charge >= 0.3 is 0 Å². The van der Waals surface area contributed by atoms with E-state index in [1.54, 1.807) is 13.1 Å². The van der Waals surface area contributed by atoms with E-state index in [2.05, 4.69) is 17.0 Å². The van der Waals surface area contributed by atoms with Gasteiger partial charge in [-0.15, -0.1) is 6.58 Å². The van der Waals surface area contributed by atoms with Crippen LogP contribution in [-0.4, -0.2) is 21.7 Å². The van der Waals surface area contributed by atoms with Crippen LogP contribution in [0.4, 0.5) is 5.69 Å². The zero-order chi connectivity index (χ0) is 12.3. The van der Waals surface area contributed by atoms with Gasteiger partial charge in [-0.25, -0.2) is 0 Å². The highest BCUT2D eigenvalue weighted by molar-refractivity contribution is 5.98. The second kappa shape index (κ2) is 4.83. The Morgan fingerprint density at radius 1 is 1.75 bits per heavy atom. The third kappa shape index (κ3) is 2.24. The van der Waals surface area contributed by atoms with Gasteiger partial charge in [-0.1, -0.05) is 13.0 Å². The van der Waals surface area contributed by atoms with Crippen molar-refractivity contribution in [3.63, 3.8) is 0 Å². The molecule has 88 valence electrons. The molecule has 5 heteroatoms. The monoisotopic (exact) mass is 222 g/mol. The highest BCUT2D eigenvalue weighted by atomic mass is 16.2. The highest BCUT2D eigenvalue weighted by Gasteiger charge is 2.19. The molecule has 0 aliphatic heterocycles. The van der Waals surface area contributed by atoms with Crippen LogP contribution in [0, 0.1) is 0 Å². The third-order valence-electron chi connectivity index (χ3n) is 2.42. The first-order valence-electron chi connectivity index (χ1n) is 5.26. The van der Waals surface area contributed by atoms with E-state index in [1.165, 1.54) is 4.68 Å². The van der Waals surface area contributed by atoms with Crippen LogP contribution in [0.25, 0.3) is 0 Å². The number of aromatic nitrogens is 2. The minimum absolute atomic E-state index is 0.0909. The Kier molecular flexibility index (Phi) is 3.71. The number of carbonyl (C=O) groups excluding carboxylic acids is 1. The van der Waals surface area contributed by atoms with Crippen molar-refractivity contribution in [3.8, 4) is 0 Å². The maximum absolute atomic E-state index is 11.9. The number of amides is 1. The maximum atomic E-state index is 11.9. The molecule has 3 N–H and O–H groups in total. The van der Waals surface area contributed by atoms with Crippen molar-refractivity contribution in [2.24, 2.45) is 7.05 Å². The summed E-state index contributed by atoms with van der Waals surface area (Å²) < 4.78 is 1.51. The smallest absolute Gasteiger partial charge is 0.272 e. The van der Waals surface area contributed by atoms with Crippen molar-refractivity contribution < 1.29 is 4.79 Å². The van der Waals surface area contributed by atoms with Crippen LogP contribution in [0.1, 0.15) is 30.0 Å². The number of nitrogens with one attached hydrogen (secondary N) is 1. The van der Waals surface area contributed by atoms with Crippen molar-refractivity contribution in [2.45, 2.75) is 26.3 Å². The van der Waals surface area contributed by atoms with Crippen molar-refractivity contribution in [1.29, 1.82) is 0 Å². The highest BCUT2D eigenvalue weighted by Crippen LogP contribution is 2.16. The standard InChI is InChI=1S/C11H18N4O/c1-5-7(3)13-11(16)10-9(12)8(6-2)14-15(10)4/h5,7H,1,6,12H2,2-4H3,(H,13,16). The fourth-order valence-electron chi connectivity index (χ4n) is 1.46. The molecule has 16 heavy (non-hydrogen) atoms. The topological polar surface area (TPSA) is 72.9 Å². The number of carbonyl (C=O) groups is 1. The summed E-state index contributed by atoms with van der Waals surface area (Å²) in [4.78, 5) is 11.9. The molecule has 0 bridgehead atoms. The number of hydrogen-bond acceptors (Lipinski definition) is 3. The van der Waals surface area contributed by atoms with Gasteiger partial charge in [0.1, 0.15) is 5.69 Å². The van der Waals surface area contributed by atoms with E-state index < -0.39 is 0 Å². The second-order valence-corrected chi connectivity index (χ2v) is 3.68. The molecule has 0 aliphatic carbocycles. The fraction of sp³-hybridized carbons (Fsp3) is 0.455. The molecule has 0 radical (unpaired) electrons. The Hall–Kier alpha value is -1.78. The normalized spacial score (nSPS) is 12.2. The summed E-state index contributed by atoms with van der Waals surface area (Å²) in [7, 11) is 1.71. The molecule has 1 aromatic heterocycles. The number of nitrogens with zero attached hydrogens (tertiary/aromatic N) is 2.